The Labute approximate surface area is 248 Å². The molecule has 3 heterocycles. The second-order valence-corrected chi connectivity index (χ2v) is 10.7. The lowest BCUT2D eigenvalue weighted by Gasteiger charge is -2.29. The number of Topliss-reactive ketones (excluding diaryl/α,β-unsaturated/α-hetero) is 1. The third-order valence-electron chi connectivity index (χ3n) is 7.64. The summed E-state index contributed by atoms with van der Waals surface area (Å²) in [7, 11) is 3.10. The van der Waals surface area contributed by atoms with E-state index >= 15 is 0 Å². The molecule has 0 fully saturated rings. The Morgan fingerprint density at radius 3 is 2.47 bits per heavy atom. The van der Waals surface area contributed by atoms with Gasteiger partial charge in [-0.05, 0) is 55.5 Å². The van der Waals surface area contributed by atoms with Crippen LogP contribution in [-0.4, -0.2) is 52.2 Å². The molecule has 0 bridgehead atoms. The first-order valence-corrected chi connectivity index (χ1v) is 14.1. The highest BCUT2D eigenvalue weighted by Crippen LogP contribution is 2.37. The number of pyridine rings is 3. The van der Waals surface area contributed by atoms with E-state index in [0.29, 0.717) is 70.8 Å². The summed E-state index contributed by atoms with van der Waals surface area (Å²) in [5.41, 5.74) is 1.03. The number of rotatable bonds is 10. The number of anilines is 1. The minimum absolute atomic E-state index is 0.000803. The number of ketones is 1. The summed E-state index contributed by atoms with van der Waals surface area (Å²) in [6.07, 6.45) is 4.95. The molecule has 11 nitrogen and oxygen atoms in total. The third-order valence-corrected chi connectivity index (χ3v) is 7.64. The summed E-state index contributed by atoms with van der Waals surface area (Å²) in [4.78, 5) is 48.6. The number of hydrogen-bond acceptors (Lipinski definition) is 9. The van der Waals surface area contributed by atoms with Gasteiger partial charge in [-0.15, -0.1) is 0 Å². The number of hydrogen-bond donors (Lipinski definition) is 2. The summed E-state index contributed by atoms with van der Waals surface area (Å²) >= 11 is 0. The molecule has 2 N–H and O–H groups in total. The number of aliphatic hydroxyl groups is 1. The molecular weight excluding hydrogens is 552 g/mol. The van der Waals surface area contributed by atoms with Gasteiger partial charge in [0.2, 0.25) is 0 Å². The van der Waals surface area contributed by atoms with E-state index in [2.05, 4.69) is 15.3 Å². The Morgan fingerprint density at radius 1 is 1.02 bits per heavy atom. The third kappa shape index (κ3) is 5.94. The van der Waals surface area contributed by atoms with E-state index in [1.54, 1.807) is 55.3 Å². The Kier molecular flexibility index (Phi) is 8.72. The predicted molar refractivity (Wildman–Crippen MR) is 161 cm³/mol. The van der Waals surface area contributed by atoms with Crippen molar-refractivity contribution in [2.75, 3.05) is 26.1 Å². The van der Waals surface area contributed by atoms with Crippen LogP contribution in [0.15, 0.2) is 53.6 Å². The minimum atomic E-state index is -0.672. The van der Waals surface area contributed by atoms with Gasteiger partial charge >= 0.3 is 0 Å². The van der Waals surface area contributed by atoms with E-state index in [1.807, 2.05) is 13.8 Å². The van der Waals surface area contributed by atoms with Crippen LogP contribution in [0, 0.1) is 5.92 Å². The van der Waals surface area contributed by atoms with Gasteiger partial charge in [0.15, 0.2) is 17.3 Å². The van der Waals surface area contributed by atoms with Gasteiger partial charge in [0.05, 0.1) is 25.9 Å². The van der Waals surface area contributed by atoms with Crippen LogP contribution in [0.4, 0.5) is 5.82 Å². The van der Waals surface area contributed by atoms with Crippen LogP contribution >= 0.6 is 0 Å². The monoisotopic (exact) mass is 586 g/mol. The Balaban J connectivity index is 1.42. The standard InChI is InChI=1S/C32H34N4O7/c1-18(2)24(11-13-37)36-25-6-5-7-26(38)21(25)14-22(32(36)40)31(39)35-30-9-8-19(17-34-30)43-27-10-12-33-23-16-29(42-4)28(41-3)15-20(23)27/h8-10,12,14-18,24,37H,5-7,11,13H2,1-4H3,(H,34,35,39)/t24-/m1/s1. The zero-order valence-corrected chi connectivity index (χ0v) is 24.5. The molecule has 1 atom stereocenters. The Hall–Kier alpha value is -4.77. The quantitative estimate of drug-likeness (QED) is 0.264. The van der Waals surface area contributed by atoms with Crippen LogP contribution in [0.5, 0.6) is 23.0 Å². The van der Waals surface area contributed by atoms with Gasteiger partial charge in [-0.25, -0.2) is 4.98 Å². The van der Waals surface area contributed by atoms with Crippen LogP contribution in [-0.2, 0) is 6.42 Å². The van der Waals surface area contributed by atoms with Gasteiger partial charge in [-0.3, -0.25) is 19.4 Å². The molecule has 43 heavy (non-hydrogen) atoms. The average molecular weight is 587 g/mol. The van der Waals surface area contributed by atoms with Gasteiger partial charge in [0.1, 0.15) is 22.9 Å². The zero-order valence-electron chi connectivity index (χ0n) is 24.5. The normalized spacial score (nSPS) is 13.5. The topological polar surface area (TPSA) is 142 Å². The summed E-state index contributed by atoms with van der Waals surface area (Å²) in [6.45, 7) is 3.78. The molecule has 4 aromatic rings. The lowest BCUT2D eigenvalue weighted by molar-refractivity contribution is 0.0968. The average Bonchev–Trinajstić information content (AvgIpc) is 3.00. The molecule has 11 heteroatoms. The number of nitrogens with zero attached hydrogens (tertiary/aromatic N) is 3. The van der Waals surface area contributed by atoms with Crippen molar-refractivity contribution in [3.63, 3.8) is 0 Å². The van der Waals surface area contributed by atoms with E-state index in [9.17, 15) is 19.5 Å². The maximum Gasteiger partial charge on any atom is 0.263 e. The number of carbonyl (C=O) groups excluding carboxylic acids is 2. The first-order valence-electron chi connectivity index (χ1n) is 14.1. The summed E-state index contributed by atoms with van der Waals surface area (Å²) < 4.78 is 18.4. The largest absolute Gasteiger partial charge is 0.493 e. The van der Waals surface area contributed by atoms with Crippen molar-refractivity contribution in [1.82, 2.24) is 14.5 Å². The van der Waals surface area contributed by atoms with Gasteiger partial charge < -0.3 is 29.2 Å². The number of aliphatic hydroxyl groups excluding tert-OH is 1. The van der Waals surface area contributed by atoms with E-state index < -0.39 is 11.5 Å². The number of methoxy groups -OCH3 is 2. The Bertz CT molecular complexity index is 1730. The van der Waals surface area contributed by atoms with Crippen LogP contribution in [0.1, 0.15) is 65.6 Å². The second-order valence-electron chi connectivity index (χ2n) is 10.7. The van der Waals surface area contributed by atoms with Crippen molar-refractivity contribution in [3.05, 3.63) is 76.0 Å². The van der Waals surface area contributed by atoms with Crippen LogP contribution in [0.2, 0.25) is 0 Å². The van der Waals surface area contributed by atoms with Crippen LogP contribution < -0.4 is 25.1 Å². The first-order chi connectivity index (χ1) is 20.7. The molecule has 1 amide bonds. The summed E-state index contributed by atoms with van der Waals surface area (Å²) in [5, 5.41) is 13.1. The molecule has 224 valence electrons. The Morgan fingerprint density at radius 2 is 1.79 bits per heavy atom. The molecule has 1 aromatic carbocycles. The minimum Gasteiger partial charge on any atom is -0.493 e. The lowest BCUT2D eigenvalue weighted by Crippen LogP contribution is -2.38. The lowest BCUT2D eigenvalue weighted by atomic mass is 9.90. The SMILES string of the molecule is COc1cc2nccc(Oc3ccc(NC(=O)c4cc5c(n([C@H](CCO)C(C)C)c4=O)CCCC5=O)nc3)c2cc1OC. The maximum atomic E-state index is 13.7. The number of ether oxygens (including phenoxy) is 3. The predicted octanol–water partition coefficient (Wildman–Crippen LogP) is 4.95. The molecule has 0 aliphatic heterocycles. The van der Waals surface area contributed by atoms with Crippen molar-refractivity contribution in [2.45, 2.75) is 45.6 Å². The molecule has 0 unspecified atom stereocenters. The molecule has 0 radical (unpaired) electrons. The van der Waals surface area contributed by atoms with Crippen LogP contribution in [0.3, 0.4) is 0 Å². The molecule has 0 spiro atoms. The zero-order chi connectivity index (χ0) is 30.7. The van der Waals surface area contributed by atoms with Crippen molar-refractivity contribution in [3.8, 4) is 23.0 Å². The number of carbonyl (C=O) groups is 2. The molecule has 3 aromatic heterocycles. The smallest absolute Gasteiger partial charge is 0.263 e. The summed E-state index contributed by atoms with van der Waals surface area (Å²) in [6, 6.07) is 9.49. The number of fused-ring (bicyclic) bond motifs is 2. The molecule has 1 aliphatic carbocycles. The number of amides is 1. The van der Waals surface area contributed by atoms with Crippen molar-refractivity contribution < 1.29 is 28.9 Å². The van der Waals surface area contributed by atoms with Crippen molar-refractivity contribution in [2.24, 2.45) is 5.92 Å². The fraction of sp³-hybridized carbons (Fsp3) is 0.344. The van der Waals surface area contributed by atoms with E-state index in [1.165, 1.54) is 12.3 Å². The van der Waals surface area contributed by atoms with Crippen LogP contribution in [0.25, 0.3) is 10.9 Å². The van der Waals surface area contributed by atoms with Gasteiger partial charge in [0.25, 0.3) is 11.5 Å². The molecule has 0 saturated carbocycles. The van der Waals surface area contributed by atoms with Crippen molar-refractivity contribution in [1.29, 1.82) is 0 Å². The van der Waals surface area contributed by atoms with E-state index in [0.717, 1.165) is 0 Å². The maximum absolute atomic E-state index is 13.7. The summed E-state index contributed by atoms with van der Waals surface area (Å²) in [5.74, 6) is 1.43. The van der Waals surface area contributed by atoms with Gasteiger partial charge in [-0.1, -0.05) is 13.8 Å². The van der Waals surface area contributed by atoms with E-state index in [-0.39, 0.29) is 35.7 Å². The fourth-order valence-electron chi connectivity index (χ4n) is 5.49. The number of benzene rings is 1. The number of nitrogens with one attached hydrogen (secondary N) is 1. The molecular formula is C32H34N4O7. The second kappa shape index (κ2) is 12.6. The molecule has 1 aliphatic rings. The van der Waals surface area contributed by atoms with Crippen molar-refractivity contribution >= 4 is 28.4 Å². The van der Waals surface area contributed by atoms with E-state index in [4.69, 9.17) is 14.2 Å². The molecule has 5 rings (SSSR count). The van der Waals surface area contributed by atoms with Gasteiger partial charge in [-0.2, -0.15) is 0 Å². The first kappa shape index (κ1) is 29.7. The highest BCUT2D eigenvalue weighted by Gasteiger charge is 2.29. The highest BCUT2D eigenvalue weighted by atomic mass is 16.5. The highest BCUT2D eigenvalue weighted by molar-refractivity contribution is 6.06. The number of aromatic nitrogens is 3. The molecule has 0 saturated heterocycles. The van der Waals surface area contributed by atoms with Gasteiger partial charge in [0, 0.05) is 48.0 Å². The fourth-order valence-corrected chi connectivity index (χ4v) is 5.49.